The summed E-state index contributed by atoms with van der Waals surface area (Å²) >= 11 is 7.55. The Labute approximate surface area is 192 Å². The first-order valence-electron chi connectivity index (χ1n) is 10.8. The number of hydrogen-bond donors (Lipinski definition) is 1. The lowest BCUT2D eigenvalue weighted by Crippen LogP contribution is -2.52. The molecular formula is C25H27ClN2O2S. The minimum Gasteiger partial charge on any atom is -0.341 e. The standard InChI is InChI=1S/C25H27ClN2O2S/c1-16(2)23(27-24(29)21-15-31-22-6-4-3-5-20(21)22)25(30)28-13-11-18(12-14-28)17-7-9-19(26)10-8-17/h3-10,15-16,18,23H,11-14H2,1-2H3,(H,27,29)/t23-/m1/s1. The summed E-state index contributed by atoms with van der Waals surface area (Å²) in [6.45, 7) is 5.36. The molecule has 6 heteroatoms. The number of fused-ring (bicyclic) bond motifs is 1. The average Bonchev–Trinajstić information content (AvgIpc) is 3.22. The van der Waals surface area contributed by atoms with Crippen LogP contribution in [0.25, 0.3) is 10.1 Å². The third-order valence-corrected chi connectivity index (χ3v) is 7.31. The summed E-state index contributed by atoms with van der Waals surface area (Å²) in [7, 11) is 0. The van der Waals surface area contributed by atoms with E-state index in [4.69, 9.17) is 11.6 Å². The monoisotopic (exact) mass is 454 g/mol. The van der Waals surface area contributed by atoms with Gasteiger partial charge in [-0.3, -0.25) is 9.59 Å². The van der Waals surface area contributed by atoms with Gasteiger partial charge in [0.25, 0.3) is 5.91 Å². The average molecular weight is 455 g/mol. The van der Waals surface area contributed by atoms with Crippen molar-refractivity contribution < 1.29 is 9.59 Å². The van der Waals surface area contributed by atoms with E-state index < -0.39 is 6.04 Å². The number of thiophene rings is 1. The zero-order chi connectivity index (χ0) is 22.0. The number of benzene rings is 2. The maximum absolute atomic E-state index is 13.3. The number of carbonyl (C=O) groups excluding carboxylic acids is 2. The number of likely N-dealkylation sites (tertiary alicyclic amines) is 1. The van der Waals surface area contributed by atoms with Gasteiger partial charge in [-0.25, -0.2) is 0 Å². The minimum absolute atomic E-state index is 0.00957. The fraction of sp³-hybridized carbons (Fsp3) is 0.360. The lowest BCUT2D eigenvalue weighted by molar-refractivity contribution is -0.135. The van der Waals surface area contributed by atoms with Gasteiger partial charge in [0.15, 0.2) is 0 Å². The first-order chi connectivity index (χ1) is 14.9. The van der Waals surface area contributed by atoms with Gasteiger partial charge < -0.3 is 10.2 Å². The van der Waals surface area contributed by atoms with Gasteiger partial charge >= 0.3 is 0 Å². The van der Waals surface area contributed by atoms with Crippen molar-refractivity contribution in [3.05, 3.63) is 70.1 Å². The molecule has 1 saturated heterocycles. The SMILES string of the molecule is CC(C)[C@@H](NC(=O)c1csc2ccccc12)C(=O)N1CCC(c2ccc(Cl)cc2)CC1. The Morgan fingerprint density at radius 3 is 2.42 bits per heavy atom. The Balaban J connectivity index is 1.42. The Morgan fingerprint density at radius 1 is 1.06 bits per heavy atom. The molecule has 0 radical (unpaired) electrons. The Morgan fingerprint density at radius 2 is 1.74 bits per heavy atom. The van der Waals surface area contributed by atoms with E-state index in [1.165, 1.54) is 5.56 Å². The largest absolute Gasteiger partial charge is 0.341 e. The van der Waals surface area contributed by atoms with Crippen LogP contribution in [-0.2, 0) is 4.79 Å². The van der Waals surface area contributed by atoms with Crippen LogP contribution in [0.1, 0.15) is 48.5 Å². The molecule has 1 N–H and O–H groups in total. The van der Waals surface area contributed by atoms with Crippen molar-refractivity contribution in [2.75, 3.05) is 13.1 Å². The van der Waals surface area contributed by atoms with Crippen molar-refractivity contribution in [3.8, 4) is 0 Å². The zero-order valence-corrected chi connectivity index (χ0v) is 19.4. The molecule has 0 unspecified atom stereocenters. The van der Waals surface area contributed by atoms with Gasteiger partial charge in [-0.05, 0) is 48.4 Å². The normalized spacial score (nSPS) is 15.9. The van der Waals surface area contributed by atoms with E-state index in [0.717, 1.165) is 28.0 Å². The van der Waals surface area contributed by atoms with E-state index in [1.54, 1.807) is 11.3 Å². The van der Waals surface area contributed by atoms with E-state index in [1.807, 2.05) is 60.5 Å². The molecule has 2 aromatic carbocycles. The van der Waals surface area contributed by atoms with Crippen LogP contribution >= 0.6 is 22.9 Å². The minimum atomic E-state index is -0.529. The number of piperidine rings is 1. The molecule has 4 nitrogen and oxygen atoms in total. The summed E-state index contributed by atoms with van der Waals surface area (Å²) in [6.07, 6.45) is 1.84. The highest BCUT2D eigenvalue weighted by atomic mass is 35.5. The second-order valence-corrected chi connectivity index (χ2v) is 9.84. The van der Waals surface area contributed by atoms with Crippen LogP contribution in [0.3, 0.4) is 0 Å². The van der Waals surface area contributed by atoms with Gasteiger partial charge in [0.05, 0.1) is 5.56 Å². The van der Waals surface area contributed by atoms with Gasteiger partial charge in [0.2, 0.25) is 5.91 Å². The van der Waals surface area contributed by atoms with Crippen molar-refractivity contribution in [1.82, 2.24) is 10.2 Å². The Kier molecular flexibility index (Phi) is 6.63. The molecule has 0 bridgehead atoms. The fourth-order valence-corrected chi connectivity index (χ4v) is 5.32. The number of rotatable bonds is 5. The quantitative estimate of drug-likeness (QED) is 0.536. The molecule has 1 fully saturated rings. The van der Waals surface area contributed by atoms with Crippen molar-refractivity contribution >= 4 is 44.8 Å². The van der Waals surface area contributed by atoms with Crippen LogP contribution in [0, 0.1) is 5.92 Å². The van der Waals surface area contributed by atoms with Crippen molar-refractivity contribution in [2.45, 2.75) is 38.6 Å². The van der Waals surface area contributed by atoms with Crippen LogP contribution in [0.5, 0.6) is 0 Å². The molecule has 2 amide bonds. The third-order valence-electron chi connectivity index (χ3n) is 6.09. The highest BCUT2D eigenvalue weighted by Crippen LogP contribution is 2.30. The molecule has 1 atom stereocenters. The lowest BCUT2D eigenvalue weighted by Gasteiger charge is -2.35. The number of nitrogens with zero attached hydrogens (tertiary/aromatic N) is 1. The first kappa shape index (κ1) is 21.8. The summed E-state index contributed by atoms with van der Waals surface area (Å²) < 4.78 is 1.07. The number of halogens is 1. The lowest BCUT2D eigenvalue weighted by atomic mass is 9.89. The van der Waals surface area contributed by atoms with E-state index in [0.29, 0.717) is 24.6 Å². The highest BCUT2D eigenvalue weighted by molar-refractivity contribution is 7.17. The fourth-order valence-electron chi connectivity index (χ4n) is 4.25. The summed E-state index contributed by atoms with van der Waals surface area (Å²) in [5, 5.41) is 6.57. The zero-order valence-electron chi connectivity index (χ0n) is 17.8. The Bertz CT molecular complexity index is 1070. The molecule has 162 valence electrons. The van der Waals surface area contributed by atoms with Gasteiger partial charge in [-0.1, -0.05) is 55.8 Å². The molecule has 0 saturated carbocycles. The summed E-state index contributed by atoms with van der Waals surface area (Å²) in [6, 6.07) is 15.3. The molecule has 1 aliphatic heterocycles. The van der Waals surface area contributed by atoms with E-state index >= 15 is 0 Å². The highest BCUT2D eigenvalue weighted by Gasteiger charge is 2.32. The maximum atomic E-state index is 13.3. The van der Waals surface area contributed by atoms with Crippen molar-refractivity contribution in [2.24, 2.45) is 5.92 Å². The van der Waals surface area contributed by atoms with Crippen LogP contribution in [-0.4, -0.2) is 35.8 Å². The van der Waals surface area contributed by atoms with Gasteiger partial charge in [0, 0.05) is 33.6 Å². The molecule has 4 rings (SSSR count). The number of hydrogen-bond acceptors (Lipinski definition) is 3. The predicted molar refractivity (Wildman–Crippen MR) is 128 cm³/mol. The van der Waals surface area contributed by atoms with Crippen molar-refractivity contribution in [1.29, 1.82) is 0 Å². The number of amides is 2. The second-order valence-electron chi connectivity index (χ2n) is 8.49. The van der Waals surface area contributed by atoms with E-state index in [2.05, 4.69) is 17.4 Å². The summed E-state index contributed by atoms with van der Waals surface area (Å²) in [5.41, 5.74) is 1.91. The predicted octanol–water partition coefficient (Wildman–Crippen LogP) is 5.72. The summed E-state index contributed by atoms with van der Waals surface area (Å²) in [4.78, 5) is 28.2. The van der Waals surface area contributed by atoms with Gasteiger partial charge in [-0.15, -0.1) is 11.3 Å². The molecule has 0 spiro atoms. The molecule has 0 aliphatic carbocycles. The molecular weight excluding hydrogens is 428 g/mol. The topological polar surface area (TPSA) is 49.4 Å². The Hall–Kier alpha value is -2.37. The van der Waals surface area contributed by atoms with Crippen LogP contribution in [0.15, 0.2) is 53.9 Å². The second kappa shape index (κ2) is 9.41. The van der Waals surface area contributed by atoms with Crippen LogP contribution in [0.2, 0.25) is 5.02 Å². The molecule has 2 heterocycles. The molecule has 3 aromatic rings. The van der Waals surface area contributed by atoms with E-state index in [9.17, 15) is 9.59 Å². The smallest absolute Gasteiger partial charge is 0.253 e. The third kappa shape index (κ3) is 4.78. The maximum Gasteiger partial charge on any atom is 0.253 e. The molecule has 1 aromatic heterocycles. The molecule has 31 heavy (non-hydrogen) atoms. The number of carbonyl (C=O) groups is 2. The van der Waals surface area contributed by atoms with E-state index in [-0.39, 0.29) is 17.7 Å². The summed E-state index contributed by atoms with van der Waals surface area (Å²) in [5.74, 6) is 0.277. The van der Waals surface area contributed by atoms with Gasteiger partial charge in [-0.2, -0.15) is 0 Å². The number of nitrogens with one attached hydrogen (secondary N) is 1. The van der Waals surface area contributed by atoms with Crippen molar-refractivity contribution in [3.63, 3.8) is 0 Å². The molecule has 1 aliphatic rings. The first-order valence-corrected chi connectivity index (χ1v) is 12.0. The van der Waals surface area contributed by atoms with Crippen LogP contribution in [0.4, 0.5) is 0 Å². The van der Waals surface area contributed by atoms with Crippen LogP contribution < -0.4 is 5.32 Å². The van der Waals surface area contributed by atoms with Gasteiger partial charge in [0.1, 0.15) is 6.04 Å².